The fraction of sp³-hybridized carbons (Fsp3) is 0.292. The van der Waals surface area contributed by atoms with E-state index in [9.17, 15) is 14.9 Å². The Morgan fingerprint density at radius 1 is 1.03 bits per heavy atom. The van der Waals surface area contributed by atoms with Crippen LogP contribution in [-0.2, 0) is 14.3 Å². The lowest BCUT2D eigenvalue weighted by Crippen LogP contribution is -2.50. The van der Waals surface area contributed by atoms with Gasteiger partial charge in [0.1, 0.15) is 6.07 Å². The Morgan fingerprint density at radius 2 is 1.71 bits per heavy atom. The maximum Gasteiger partial charge on any atom is 0.349 e. The summed E-state index contributed by atoms with van der Waals surface area (Å²) in [5, 5.41) is 9.58. The first kappa shape index (κ1) is 20.6. The van der Waals surface area contributed by atoms with Gasteiger partial charge in [-0.1, -0.05) is 36.4 Å². The van der Waals surface area contributed by atoms with Crippen LogP contribution in [0.1, 0.15) is 12.5 Å². The van der Waals surface area contributed by atoms with E-state index in [4.69, 9.17) is 4.74 Å². The van der Waals surface area contributed by atoms with Crippen molar-refractivity contribution in [3.05, 3.63) is 65.7 Å². The minimum Gasteiger partial charge on any atom is -0.462 e. The van der Waals surface area contributed by atoms with Crippen molar-refractivity contribution in [2.24, 2.45) is 0 Å². The van der Waals surface area contributed by atoms with Crippen LogP contribution >= 0.6 is 0 Å². The third-order valence-corrected chi connectivity index (χ3v) is 5.60. The number of hydrogen-bond donors (Lipinski definition) is 0. The largest absolute Gasteiger partial charge is 0.462 e. The molecule has 1 amide bonds. The SMILES string of the molecule is CCOC(=O)/C(C#N)=C1\C(=O)N(CN2CCN(c3ccccc3)CC2)c2ccccc21. The van der Waals surface area contributed by atoms with Crippen LogP contribution in [0.5, 0.6) is 0 Å². The van der Waals surface area contributed by atoms with Gasteiger partial charge < -0.3 is 9.64 Å². The van der Waals surface area contributed by atoms with Crippen LogP contribution in [0.15, 0.2) is 60.2 Å². The molecule has 7 heteroatoms. The summed E-state index contributed by atoms with van der Waals surface area (Å²) < 4.78 is 5.00. The highest BCUT2D eigenvalue weighted by atomic mass is 16.5. The Kier molecular flexibility index (Phi) is 6.01. The number of para-hydroxylation sites is 2. The molecular weight excluding hydrogens is 392 g/mol. The van der Waals surface area contributed by atoms with Crippen LogP contribution in [0.25, 0.3) is 5.57 Å². The lowest BCUT2D eigenvalue weighted by molar-refractivity contribution is -0.138. The minimum absolute atomic E-state index is 0.125. The Labute approximate surface area is 181 Å². The van der Waals surface area contributed by atoms with Crippen LogP contribution in [0.3, 0.4) is 0 Å². The number of fused-ring (bicyclic) bond motifs is 1. The van der Waals surface area contributed by atoms with Crippen molar-refractivity contribution in [2.75, 3.05) is 49.3 Å². The number of ether oxygens (including phenoxy) is 1. The van der Waals surface area contributed by atoms with Crippen molar-refractivity contribution in [1.29, 1.82) is 5.26 Å². The molecule has 2 aliphatic heterocycles. The molecule has 0 bridgehead atoms. The number of amides is 1. The predicted octanol–water partition coefficient (Wildman–Crippen LogP) is 2.65. The molecule has 4 rings (SSSR count). The molecule has 2 aromatic rings. The quantitative estimate of drug-likeness (QED) is 0.424. The highest BCUT2D eigenvalue weighted by molar-refractivity contribution is 6.36. The average molecular weight is 416 g/mol. The number of carbonyl (C=O) groups is 2. The van der Waals surface area contributed by atoms with E-state index in [-0.39, 0.29) is 23.7 Å². The zero-order valence-corrected chi connectivity index (χ0v) is 17.5. The summed E-state index contributed by atoms with van der Waals surface area (Å²) in [5.41, 5.74) is 2.39. The van der Waals surface area contributed by atoms with Crippen LogP contribution < -0.4 is 9.80 Å². The van der Waals surface area contributed by atoms with Gasteiger partial charge in [-0.2, -0.15) is 5.26 Å². The first-order valence-electron chi connectivity index (χ1n) is 10.4. The van der Waals surface area contributed by atoms with Gasteiger partial charge in [0, 0.05) is 37.4 Å². The molecule has 7 nitrogen and oxygen atoms in total. The number of nitrogens with zero attached hydrogens (tertiary/aromatic N) is 4. The number of hydrogen-bond acceptors (Lipinski definition) is 6. The van der Waals surface area contributed by atoms with Crippen LogP contribution in [0, 0.1) is 11.3 Å². The lowest BCUT2D eigenvalue weighted by Gasteiger charge is -2.37. The molecule has 158 valence electrons. The number of carbonyl (C=O) groups excluding carboxylic acids is 2. The Morgan fingerprint density at radius 3 is 2.39 bits per heavy atom. The van der Waals surface area contributed by atoms with Gasteiger partial charge >= 0.3 is 5.97 Å². The van der Waals surface area contributed by atoms with Gasteiger partial charge in [0.25, 0.3) is 5.91 Å². The number of nitriles is 1. The van der Waals surface area contributed by atoms with Crippen molar-refractivity contribution in [2.45, 2.75) is 6.92 Å². The van der Waals surface area contributed by atoms with Crippen molar-refractivity contribution >= 4 is 28.8 Å². The Balaban J connectivity index is 1.54. The molecule has 0 radical (unpaired) electrons. The summed E-state index contributed by atoms with van der Waals surface area (Å²) in [6, 6.07) is 19.4. The number of rotatable bonds is 5. The molecule has 0 saturated carbocycles. The Bertz CT molecular complexity index is 1050. The van der Waals surface area contributed by atoms with Gasteiger partial charge in [0.15, 0.2) is 5.57 Å². The maximum atomic E-state index is 13.3. The van der Waals surface area contributed by atoms with E-state index in [1.807, 2.05) is 36.4 Å². The lowest BCUT2D eigenvalue weighted by atomic mass is 10.0. The van der Waals surface area contributed by atoms with Gasteiger partial charge in [0.05, 0.1) is 24.5 Å². The summed E-state index contributed by atoms with van der Waals surface area (Å²) in [7, 11) is 0. The second-order valence-corrected chi connectivity index (χ2v) is 7.41. The molecule has 2 aromatic carbocycles. The van der Waals surface area contributed by atoms with E-state index in [1.54, 1.807) is 24.0 Å². The molecule has 2 aliphatic rings. The van der Waals surface area contributed by atoms with E-state index in [0.717, 1.165) is 26.2 Å². The molecule has 0 unspecified atom stereocenters. The summed E-state index contributed by atoms with van der Waals surface area (Å²) in [6.45, 7) is 5.56. The Hall–Kier alpha value is -3.63. The third-order valence-electron chi connectivity index (χ3n) is 5.60. The number of esters is 1. The van der Waals surface area contributed by atoms with Gasteiger partial charge in [-0.15, -0.1) is 0 Å². The molecule has 0 spiro atoms. The van der Waals surface area contributed by atoms with Crippen molar-refractivity contribution in [3.63, 3.8) is 0 Å². The van der Waals surface area contributed by atoms with Crippen LogP contribution in [0.4, 0.5) is 11.4 Å². The zero-order chi connectivity index (χ0) is 21.8. The summed E-state index contributed by atoms with van der Waals surface area (Å²) in [6.07, 6.45) is 0. The first-order valence-corrected chi connectivity index (χ1v) is 10.4. The predicted molar refractivity (Wildman–Crippen MR) is 118 cm³/mol. The monoisotopic (exact) mass is 416 g/mol. The first-order chi connectivity index (χ1) is 15.1. The van der Waals surface area contributed by atoms with Gasteiger partial charge in [-0.3, -0.25) is 14.6 Å². The molecular formula is C24H24N4O3. The average Bonchev–Trinajstić information content (AvgIpc) is 3.07. The van der Waals surface area contributed by atoms with E-state index >= 15 is 0 Å². The minimum atomic E-state index is -0.763. The van der Waals surface area contributed by atoms with Gasteiger partial charge in [-0.05, 0) is 25.1 Å². The number of piperazine rings is 1. The van der Waals surface area contributed by atoms with Crippen molar-refractivity contribution < 1.29 is 14.3 Å². The fourth-order valence-corrected chi connectivity index (χ4v) is 4.06. The smallest absolute Gasteiger partial charge is 0.349 e. The summed E-state index contributed by atoms with van der Waals surface area (Å²) in [5.74, 6) is -1.10. The van der Waals surface area contributed by atoms with Gasteiger partial charge in [0.2, 0.25) is 0 Å². The second kappa shape index (κ2) is 9.02. The van der Waals surface area contributed by atoms with Crippen molar-refractivity contribution in [3.8, 4) is 6.07 Å². The van der Waals surface area contributed by atoms with E-state index in [2.05, 4.69) is 21.9 Å². The molecule has 0 aromatic heterocycles. The number of benzene rings is 2. The van der Waals surface area contributed by atoms with E-state index in [0.29, 0.717) is 17.9 Å². The topological polar surface area (TPSA) is 76.9 Å². The summed E-state index contributed by atoms with van der Waals surface area (Å²) >= 11 is 0. The highest BCUT2D eigenvalue weighted by Gasteiger charge is 2.37. The molecule has 0 aliphatic carbocycles. The molecule has 0 N–H and O–H groups in total. The molecule has 1 fully saturated rings. The zero-order valence-electron chi connectivity index (χ0n) is 17.5. The molecule has 31 heavy (non-hydrogen) atoms. The molecule has 2 heterocycles. The van der Waals surface area contributed by atoms with E-state index < -0.39 is 5.97 Å². The van der Waals surface area contributed by atoms with Crippen LogP contribution in [0.2, 0.25) is 0 Å². The fourth-order valence-electron chi connectivity index (χ4n) is 4.06. The molecule has 0 atom stereocenters. The highest BCUT2D eigenvalue weighted by Crippen LogP contribution is 2.38. The standard InChI is InChI=1S/C24H24N4O3/c1-2-31-24(30)20(16-25)22-19-10-6-7-11-21(19)28(23(22)29)17-26-12-14-27(15-13-26)18-8-4-3-5-9-18/h3-11H,2,12-15,17H2,1H3/b22-20-. The van der Waals surface area contributed by atoms with Crippen LogP contribution in [-0.4, -0.2) is 56.2 Å². The summed E-state index contributed by atoms with van der Waals surface area (Å²) in [4.78, 5) is 31.8. The normalized spacial score (nSPS) is 17.9. The molecule has 1 saturated heterocycles. The number of anilines is 2. The second-order valence-electron chi connectivity index (χ2n) is 7.41. The van der Waals surface area contributed by atoms with Crippen molar-refractivity contribution in [1.82, 2.24) is 4.90 Å². The third kappa shape index (κ3) is 4.03. The van der Waals surface area contributed by atoms with Gasteiger partial charge in [-0.25, -0.2) is 4.79 Å². The van der Waals surface area contributed by atoms with E-state index in [1.165, 1.54) is 5.69 Å². The maximum absolute atomic E-state index is 13.3.